The summed E-state index contributed by atoms with van der Waals surface area (Å²) >= 11 is 0. The molecule has 1 fully saturated rings. The summed E-state index contributed by atoms with van der Waals surface area (Å²) in [5.41, 5.74) is 2.83. The number of aryl methyl sites for hydroxylation is 2. The van der Waals surface area contributed by atoms with Gasteiger partial charge in [-0.3, -0.25) is 14.3 Å². The molecule has 1 aliphatic heterocycles. The van der Waals surface area contributed by atoms with Crippen molar-refractivity contribution in [2.45, 2.75) is 39.3 Å². The molecule has 0 spiro atoms. The Kier molecular flexibility index (Phi) is 4.88. The standard InChI is InChI=1S/C19H24N4O2/c1-13-11-14(2)23(21-13)15(3)19(25)22-10-9-20-18(24)12-17(22)16-7-5-4-6-8-16/h4-8,11,15,17H,9-10,12H2,1-3H3,(H,20,24). The molecule has 1 aromatic heterocycles. The Labute approximate surface area is 147 Å². The molecule has 2 amide bonds. The van der Waals surface area contributed by atoms with Crippen LogP contribution in [0.3, 0.4) is 0 Å². The lowest BCUT2D eigenvalue weighted by Crippen LogP contribution is -2.40. The van der Waals surface area contributed by atoms with E-state index in [0.29, 0.717) is 13.1 Å². The first-order valence-electron chi connectivity index (χ1n) is 8.62. The molecular formula is C19H24N4O2. The number of amides is 2. The van der Waals surface area contributed by atoms with E-state index >= 15 is 0 Å². The van der Waals surface area contributed by atoms with Crippen LogP contribution in [0.4, 0.5) is 0 Å². The monoisotopic (exact) mass is 340 g/mol. The van der Waals surface area contributed by atoms with Crippen LogP contribution in [-0.2, 0) is 9.59 Å². The number of hydrogen-bond donors (Lipinski definition) is 1. The smallest absolute Gasteiger partial charge is 0.247 e. The van der Waals surface area contributed by atoms with E-state index in [1.165, 1.54) is 0 Å². The van der Waals surface area contributed by atoms with E-state index in [1.807, 2.05) is 62.1 Å². The minimum atomic E-state index is -0.409. The van der Waals surface area contributed by atoms with Gasteiger partial charge in [-0.15, -0.1) is 0 Å². The molecule has 1 aromatic carbocycles. The first-order chi connectivity index (χ1) is 12.0. The molecule has 0 saturated carbocycles. The van der Waals surface area contributed by atoms with Crippen LogP contribution in [0.15, 0.2) is 36.4 Å². The summed E-state index contributed by atoms with van der Waals surface area (Å²) in [6, 6.07) is 11.0. The second-order valence-corrected chi connectivity index (χ2v) is 6.56. The Bertz CT molecular complexity index is 769. The van der Waals surface area contributed by atoms with E-state index < -0.39 is 6.04 Å². The Hall–Kier alpha value is -2.63. The lowest BCUT2D eigenvalue weighted by Gasteiger charge is -2.32. The molecule has 1 aliphatic rings. The van der Waals surface area contributed by atoms with Crippen LogP contribution in [0.25, 0.3) is 0 Å². The largest absolute Gasteiger partial charge is 0.354 e. The molecular weight excluding hydrogens is 316 g/mol. The minimum Gasteiger partial charge on any atom is -0.354 e. The van der Waals surface area contributed by atoms with Crippen molar-refractivity contribution in [3.05, 3.63) is 53.3 Å². The van der Waals surface area contributed by atoms with Gasteiger partial charge in [0, 0.05) is 18.8 Å². The fourth-order valence-corrected chi connectivity index (χ4v) is 3.45. The molecule has 2 atom stereocenters. The fraction of sp³-hybridized carbons (Fsp3) is 0.421. The van der Waals surface area contributed by atoms with Crippen LogP contribution in [0.2, 0.25) is 0 Å². The van der Waals surface area contributed by atoms with E-state index in [-0.39, 0.29) is 24.3 Å². The van der Waals surface area contributed by atoms with Crippen molar-refractivity contribution >= 4 is 11.8 Å². The van der Waals surface area contributed by atoms with Gasteiger partial charge in [0.25, 0.3) is 0 Å². The molecule has 3 rings (SSSR count). The average Bonchev–Trinajstić information content (AvgIpc) is 2.82. The number of nitrogens with one attached hydrogen (secondary N) is 1. The quantitative estimate of drug-likeness (QED) is 0.931. The van der Waals surface area contributed by atoms with E-state index in [4.69, 9.17) is 0 Å². The second kappa shape index (κ2) is 7.09. The van der Waals surface area contributed by atoms with Crippen molar-refractivity contribution in [1.82, 2.24) is 20.0 Å². The van der Waals surface area contributed by atoms with E-state index in [1.54, 1.807) is 4.68 Å². The van der Waals surface area contributed by atoms with Gasteiger partial charge in [0.1, 0.15) is 6.04 Å². The van der Waals surface area contributed by atoms with Crippen LogP contribution in [0.5, 0.6) is 0 Å². The zero-order valence-corrected chi connectivity index (χ0v) is 14.9. The van der Waals surface area contributed by atoms with Crippen LogP contribution >= 0.6 is 0 Å². The first kappa shape index (κ1) is 17.2. The number of hydrogen-bond acceptors (Lipinski definition) is 3. The topological polar surface area (TPSA) is 67.2 Å². The van der Waals surface area contributed by atoms with Gasteiger partial charge in [-0.2, -0.15) is 5.10 Å². The zero-order chi connectivity index (χ0) is 18.0. The molecule has 6 heteroatoms. The highest BCUT2D eigenvalue weighted by Crippen LogP contribution is 2.28. The van der Waals surface area contributed by atoms with Crippen molar-refractivity contribution in [2.24, 2.45) is 0 Å². The van der Waals surface area contributed by atoms with Crippen LogP contribution in [0.1, 0.15) is 42.4 Å². The van der Waals surface area contributed by atoms with Crippen LogP contribution in [-0.4, -0.2) is 39.6 Å². The molecule has 2 unspecified atom stereocenters. The van der Waals surface area contributed by atoms with Gasteiger partial charge in [-0.05, 0) is 32.4 Å². The summed E-state index contributed by atoms with van der Waals surface area (Å²) < 4.78 is 1.76. The summed E-state index contributed by atoms with van der Waals surface area (Å²) in [7, 11) is 0. The summed E-state index contributed by atoms with van der Waals surface area (Å²) in [6.07, 6.45) is 0.277. The number of aromatic nitrogens is 2. The molecule has 0 aliphatic carbocycles. The SMILES string of the molecule is Cc1cc(C)n(C(C)C(=O)N2CCNC(=O)CC2c2ccccc2)n1. The normalized spacial score (nSPS) is 19.2. The molecule has 132 valence electrons. The number of nitrogens with zero attached hydrogens (tertiary/aromatic N) is 3. The summed E-state index contributed by atoms with van der Waals surface area (Å²) in [4.78, 5) is 27.1. The van der Waals surface area contributed by atoms with Gasteiger partial charge in [-0.1, -0.05) is 30.3 Å². The summed E-state index contributed by atoms with van der Waals surface area (Å²) in [5, 5.41) is 7.32. The van der Waals surface area contributed by atoms with Crippen molar-refractivity contribution in [1.29, 1.82) is 0 Å². The lowest BCUT2D eigenvalue weighted by atomic mass is 10.0. The summed E-state index contributed by atoms with van der Waals surface area (Å²) in [5.74, 6) is -0.0422. The maximum absolute atomic E-state index is 13.2. The van der Waals surface area contributed by atoms with Crippen molar-refractivity contribution < 1.29 is 9.59 Å². The number of carbonyl (C=O) groups is 2. The Morgan fingerprint density at radius 3 is 2.64 bits per heavy atom. The third-order valence-electron chi connectivity index (χ3n) is 4.67. The zero-order valence-electron chi connectivity index (χ0n) is 14.9. The predicted octanol–water partition coefficient (Wildman–Crippen LogP) is 2.15. The molecule has 1 N–H and O–H groups in total. The third kappa shape index (κ3) is 3.57. The second-order valence-electron chi connectivity index (χ2n) is 6.56. The third-order valence-corrected chi connectivity index (χ3v) is 4.67. The van der Waals surface area contributed by atoms with Gasteiger partial charge < -0.3 is 10.2 Å². The highest BCUT2D eigenvalue weighted by Gasteiger charge is 2.33. The maximum Gasteiger partial charge on any atom is 0.247 e. The maximum atomic E-state index is 13.2. The predicted molar refractivity (Wildman–Crippen MR) is 94.9 cm³/mol. The first-order valence-corrected chi connectivity index (χ1v) is 8.62. The van der Waals surface area contributed by atoms with Crippen molar-refractivity contribution in [3.8, 4) is 0 Å². The molecule has 6 nitrogen and oxygen atoms in total. The van der Waals surface area contributed by atoms with Gasteiger partial charge in [0.2, 0.25) is 11.8 Å². The highest BCUT2D eigenvalue weighted by atomic mass is 16.2. The Balaban J connectivity index is 1.92. The molecule has 2 aromatic rings. The molecule has 0 bridgehead atoms. The van der Waals surface area contributed by atoms with E-state index in [0.717, 1.165) is 17.0 Å². The highest BCUT2D eigenvalue weighted by molar-refractivity contribution is 5.83. The molecule has 0 radical (unpaired) electrons. The fourth-order valence-electron chi connectivity index (χ4n) is 3.45. The van der Waals surface area contributed by atoms with Crippen LogP contribution in [0, 0.1) is 13.8 Å². The lowest BCUT2D eigenvalue weighted by molar-refractivity contribution is -0.137. The van der Waals surface area contributed by atoms with Gasteiger partial charge in [0.15, 0.2) is 0 Å². The van der Waals surface area contributed by atoms with E-state index in [2.05, 4.69) is 10.4 Å². The van der Waals surface area contributed by atoms with Gasteiger partial charge >= 0.3 is 0 Å². The van der Waals surface area contributed by atoms with E-state index in [9.17, 15) is 9.59 Å². The number of benzene rings is 1. The Morgan fingerprint density at radius 2 is 2.00 bits per heavy atom. The average molecular weight is 340 g/mol. The number of carbonyl (C=O) groups excluding carboxylic acids is 2. The van der Waals surface area contributed by atoms with Gasteiger partial charge in [0.05, 0.1) is 18.2 Å². The van der Waals surface area contributed by atoms with Crippen LogP contribution < -0.4 is 5.32 Å². The van der Waals surface area contributed by atoms with Crippen molar-refractivity contribution in [3.63, 3.8) is 0 Å². The van der Waals surface area contributed by atoms with Crippen molar-refractivity contribution in [2.75, 3.05) is 13.1 Å². The molecule has 1 saturated heterocycles. The Morgan fingerprint density at radius 1 is 1.28 bits per heavy atom. The minimum absolute atomic E-state index is 0.0171. The number of rotatable bonds is 3. The molecule has 25 heavy (non-hydrogen) atoms. The summed E-state index contributed by atoms with van der Waals surface area (Å²) in [6.45, 7) is 6.70. The molecule has 2 heterocycles. The van der Waals surface area contributed by atoms with Gasteiger partial charge in [-0.25, -0.2) is 0 Å².